The summed E-state index contributed by atoms with van der Waals surface area (Å²) in [5, 5.41) is 28.8. The first-order valence-corrected chi connectivity index (χ1v) is 24.6. The Morgan fingerprint density at radius 3 is 1.57 bits per heavy atom. The van der Waals surface area contributed by atoms with E-state index >= 15 is 0 Å². The van der Waals surface area contributed by atoms with Crippen molar-refractivity contribution in [1.82, 2.24) is 50.4 Å². The molecule has 6 rings (SSSR count). The quantitative estimate of drug-likeness (QED) is 0.0637. The number of ketones is 1. The molecule has 4 heterocycles. The number of aromatic nitrogens is 6. The van der Waals surface area contributed by atoms with Gasteiger partial charge in [0.15, 0.2) is 29.1 Å². The molecule has 0 fully saturated rings. The van der Waals surface area contributed by atoms with Crippen LogP contribution in [0.2, 0.25) is 0 Å². The molecule has 2 aliphatic heterocycles. The third-order valence-corrected chi connectivity index (χ3v) is 11.6. The Bertz CT molecular complexity index is 2920. The molecule has 0 saturated carbocycles. The van der Waals surface area contributed by atoms with Crippen LogP contribution in [0.25, 0.3) is 0 Å². The van der Waals surface area contributed by atoms with E-state index in [1.54, 1.807) is 41.5 Å². The van der Waals surface area contributed by atoms with Crippen molar-refractivity contribution in [1.29, 1.82) is 0 Å². The number of carbonyl (C=O) groups is 6. The van der Waals surface area contributed by atoms with Crippen LogP contribution in [0.5, 0.6) is 0 Å². The van der Waals surface area contributed by atoms with Crippen LogP contribution in [0, 0.1) is 40.8 Å². The largest absolute Gasteiger partial charge is 0.480 e. The Labute approximate surface area is 454 Å². The first kappa shape index (κ1) is 66.0. The van der Waals surface area contributed by atoms with Gasteiger partial charge in [0, 0.05) is 69.0 Å². The Kier molecular flexibility index (Phi) is 21.8. The molecule has 4 aromatic rings. The summed E-state index contributed by atoms with van der Waals surface area (Å²) in [4.78, 5) is 72.8. The van der Waals surface area contributed by atoms with E-state index in [0.29, 0.717) is 24.3 Å². The van der Waals surface area contributed by atoms with Crippen LogP contribution < -0.4 is 21.7 Å². The lowest BCUT2D eigenvalue weighted by atomic mass is 9.88. The van der Waals surface area contributed by atoms with E-state index in [1.807, 2.05) is 0 Å². The molecular formula is C49H59F12N11O9. The van der Waals surface area contributed by atoms with Crippen LogP contribution >= 0.6 is 0 Å². The third kappa shape index (κ3) is 19.9. The fourth-order valence-corrected chi connectivity index (χ4v) is 7.82. The van der Waals surface area contributed by atoms with Gasteiger partial charge in [0.1, 0.15) is 46.5 Å². The van der Waals surface area contributed by atoms with Crippen LogP contribution in [-0.2, 0) is 79.9 Å². The van der Waals surface area contributed by atoms with Crippen molar-refractivity contribution in [3.63, 3.8) is 0 Å². The highest BCUT2D eigenvalue weighted by molar-refractivity contribution is 5.86. The maximum Gasteiger partial charge on any atom is 0.451 e. The number of alkyl carbamates (subject to hydrolysis) is 2. The maximum absolute atomic E-state index is 14.4. The van der Waals surface area contributed by atoms with E-state index in [1.165, 1.54) is 18.7 Å². The Morgan fingerprint density at radius 1 is 0.630 bits per heavy atom. The summed E-state index contributed by atoms with van der Waals surface area (Å²) in [6.45, 7) is 11.9. The minimum Gasteiger partial charge on any atom is -0.480 e. The molecule has 20 nitrogen and oxygen atoms in total. The molecule has 0 bridgehead atoms. The number of hydrogen-bond donors (Lipinski definition) is 5. The van der Waals surface area contributed by atoms with Gasteiger partial charge in [0.05, 0.1) is 6.54 Å². The highest BCUT2D eigenvalue weighted by atomic mass is 19.4. The number of fused-ring (bicyclic) bond motifs is 2. The highest BCUT2D eigenvalue weighted by Crippen LogP contribution is 2.33. The van der Waals surface area contributed by atoms with Crippen LogP contribution in [-0.4, -0.2) is 117 Å². The van der Waals surface area contributed by atoms with E-state index in [0.717, 1.165) is 9.13 Å². The van der Waals surface area contributed by atoms with Crippen LogP contribution in [0.1, 0.15) is 109 Å². The van der Waals surface area contributed by atoms with Crippen molar-refractivity contribution in [2.45, 2.75) is 161 Å². The molecule has 6 N–H and O–H groups in total. The Balaban J connectivity index is 0.000000297. The smallest absolute Gasteiger partial charge is 0.451 e. The minimum atomic E-state index is -4.73. The third-order valence-electron chi connectivity index (χ3n) is 11.6. The van der Waals surface area contributed by atoms with Gasteiger partial charge in [-0.05, 0) is 97.9 Å². The second-order valence-corrected chi connectivity index (χ2v) is 20.7. The van der Waals surface area contributed by atoms with Gasteiger partial charge in [-0.2, -0.15) is 26.3 Å². The summed E-state index contributed by atoms with van der Waals surface area (Å²) in [5.74, 6) is -13.1. The molecule has 0 radical (unpaired) electrons. The normalized spacial score (nSPS) is 15.9. The van der Waals surface area contributed by atoms with Crippen molar-refractivity contribution in [2.24, 2.45) is 11.7 Å². The predicted octanol–water partition coefficient (Wildman–Crippen LogP) is 6.88. The van der Waals surface area contributed by atoms with Crippen molar-refractivity contribution in [2.75, 3.05) is 6.54 Å². The van der Waals surface area contributed by atoms with Crippen molar-refractivity contribution >= 4 is 35.8 Å². The molecule has 2 aliphatic rings. The fourth-order valence-electron chi connectivity index (χ4n) is 7.82. The number of nitrogens with one attached hydrogen (secondary N) is 3. The summed E-state index contributed by atoms with van der Waals surface area (Å²) in [5.41, 5.74) is 3.89. The molecule has 0 spiro atoms. The van der Waals surface area contributed by atoms with E-state index in [4.69, 9.17) is 20.3 Å². The number of aliphatic carboxylic acids is 1. The average molecular weight is 1170 g/mol. The van der Waals surface area contributed by atoms with E-state index in [-0.39, 0.29) is 80.4 Å². The lowest BCUT2D eigenvalue weighted by Gasteiger charge is -2.30. The lowest BCUT2D eigenvalue weighted by Crippen LogP contribution is -2.51. The number of carboxylic acids is 1. The zero-order valence-corrected chi connectivity index (χ0v) is 44.7. The minimum absolute atomic E-state index is 0.00578. The van der Waals surface area contributed by atoms with Gasteiger partial charge in [-0.15, -0.1) is 20.4 Å². The van der Waals surface area contributed by atoms with Crippen molar-refractivity contribution in [3.05, 3.63) is 93.6 Å². The number of hydrogen-bond acceptors (Lipinski definition) is 13. The second-order valence-electron chi connectivity index (χ2n) is 20.7. The zero-order valence-electron chi connectivity index (χ0n) is 44.7. The molecule has 32 heteroatoms. The number of Topliss-reactive ketones (excluding diaryl/α,β-unsaturated/α-hetero) is 1. The number of nitrogens with zero attached hydrogens (tertiary/aromatic N) is 7. The molecule has 81 heavy (non-hydrogen) atoms. The van der Waals surface area contributed by atoms with E-state index in [2.05, 4.69) is 36.3 Å². The summed E-state index contributed by atoms with van der Waals surface area (Å²) in [7, 11) is 0. The molecule has 4 amide bonds. The summed E-state index contributed by atoms with van der Waals surface area (Å²) in [6, 6.07) is -2.11. The van der Waals surface area contributed by atoms with E-state index < -0.39 is 143 Å². The number of halogens is 12. The number of nitrogens with two attached hydrogens (primary N) is 1. The van der Waals surface area contributed by atoms with Gasteiger partial charge < -0.3 is 50.3 Å². The zero-order chi connectivity index (χ0) is 61.3. The summed E-state index contributed by atoms with van der Waals surface area (Å²) < 4.78 is 171. The fraction of sp³-hybridized carbons (Fsp3) is 0.551. The summed E-state index contributed by atoms with van der Waals surface area (Å²) in [6.07, 6.45) is -12.1. The second kappa shape index (κ2) is 26.8. The predicted molar refractivity (Wildman–Crippen MR) is 257 cm³/mol. The molecule has 2 aromatic carbocycles. The number of alkyl halides is 6. The Morgan fingerprint density at radius 2 is 1.09 bits per heavy atom. The van der Waals surface area contributed by atoms with Gasteiger partial charge in [0.2, 0.25) is 23.5 Å². The molecular weight excluding hydrogens is 1110 g/mol. The van der Waals surface area contributed by atoms with Gasteiger partial charge >= 0.3 is 30.5 Å². The van der Waals surface area contributed by atoms with Gasteiger partial charge in [-0.3, -0.25) is 19.2 Å². The molecule has 2 aromatic heterocycles. The van der Waals surface area contributed by atoms with Crippen molar-refractivity contribution in [3.8, 4) is 0 Å². The SMILES string of the molecule is CC(NC(=O)OC(C)(C)C)C(=O)NC(CC(=O)N1CCn2c(nnc2C(F)(F)F)C1)Cc1cc(F)c(F)cc1F.CC(NC(=O)OC(C)(C)C)C(=O)O.NC(CC(=O)C1CCn2c(nnc2C(F)(F)F)C1)Cc1cc(F)c(F)cc1F. The number of carboxylic acid groups (broad SMARTS) is 1. The highest BCUT2D eigenvalue weighted by Gasteiger charge is 2.42. The van der Waals surface area contributed by atoms with Crippen molar-refractivity contribution < 1.29 is 96.0 Å². The Hall–Kier alpha value is -7.54. The average Bonchev–Trinajstić information content (AvgIpc) is 3.97. The van der Waals surface area contributed by atoms with Crippen LogP contribution in [0.4, 0.5) is 62.3 Å². The standard InChI is InChI=1S/C24H28F6N6O4.C17H16F6N4O.C8H15NO4/c1-12(31-22(39)40-23(2,3)4)20(38)32-14(7-13-8-16(26)17(27)10-15(13)25)9-19(37)35-5-6-36-18(11-35)33-34-21(36)24(28,29)30;18-11-7-13(20)12(19)4-9(11)3-10(24)6-14(28)8-1-2-27-15(5-8)25-26-16(27)17(21,22)23;1-5(6(10)11)9-7(12)13-8(2,3)4/h8,10,12,14H,5-7,9,11H2,1-4H3,(H,31,39)(H,32,38);4,7-8,10H,1-3,5-6,24H2;5H,1-4H3,(H,9,12)(H,10,11). The monoisotopic (exact) mass is 1170 g/mol. The first-order valence-electron chi connectivity index (χ1n) is 24.6. The summed E-state index contributed by atoms with van der Waals surface area (Å²) >= 11 is 0. The molecule has 0 saturated heterocycles. The molecule has 0 aliphatic carbocycles. The van der Waals surface area contributed by atoms with Crippen LogP contribution in [0.15, 0.2) is 24.3 Å². The number of carbonyl (C=O) groups excluding carboxylic acids is 5. The molecule has 5 atom stereocenters. The maximum atomic E-state index is 14.4. The number of amides is 4. The van der Waals surface area contributed by atoms with Gasteiger partial charge in [-0.1, -0.05) is 0 Å². The number of rotatable bonds is 14. The van der Waals surface area contributed by atoms with Crippen LogP contribution in [0.3, 0.4) is 0 Å². The lowest BCUT2D eigenvalue weighted by molar-refractivity contribution is -0.149. The molecule has 5 unspecified atom stereocenters. The van der Waals surface area contributed by atoms with Gasteiger partial charge in [-0.25, -0.2) is 35.9 Å². The topological polar surface area (TPSA) is 268 Å². The molecule has 448 valence electrons. The van der Waals surface area contributed by atoms with Gasteiger partial charge in [0.25, 0.3) is 0 Å². The first-order chi connectivity index (χ1) is 37.2. The number of ether oxygens (including phenoxy) is 2. The number of benzene rings is 2. The van der Waals surface area contributed by atoms with E-state index in [9.17, 15) is 81.5 Å².